The van der Waals surface area contributed by atoms with Gasteiger partial charge in [0.25, 0.3) is 21.6 Å². The smallest absolute Gasteiger partial charge is 0.338 e. The van der Waals surface area contributed by atoms with E-state index in [9.17, 15) is 28.1 Å². The molecule has 0 spiro atoms. The van der Waals surface area contributed by atoms with Gasteiger partial charge in [0.1, 0.15) is 0 Å². The Balaban J connectivity index is 1.65. The first kappa shape index (κ1) is 24.4. The second-order valence-corrected chi connectivity index (χ2v) is 9.15. The number of hydrogen-bond donors (Lipinski definition) is 1. The van der Waals surface area contributed by atoms with E-state index in [0.29, 0.717) is 5.69 Å². The lowest BCUT2D eigenvalue weighted by molar-refractivity contribution is -0.384. The molecule has 0 radical (unpaired) electrons. The molecule has 3 aromatic rings. The van der Waals surface area contributed by atoms with Crippen LogP contribution in [0.1, 0.15) is 17.3 Å². The van der Waals surface area contributed by atoms with Crippen molar-refractivity contribution in [1.29, 1.82) is 0 Å². The predicted molar refractivity (Wildman–Crippen MR) is 125 cm³/mol. The minimum atomic E-state index is -3.85. The Hall–Kier alpha value is -4.25. The van der Waals surface area contributed by atoms with Crippen molar-refractivity contribution in [1.82, 2.24) is 0 Å². The third-order valence-corrected chi connectivity index (χ3v) is 6.65. The molecule has 0 aliphatic heterocycles. The third-order valence-electron chi connectivity index (χ3n) is 4.85. The molecule has 176 valence electrons. The van der Waals surface area contributed by atoms with Crippen molar-refractivity contribution in [3.05, 3.63) is 94.5 Å². The largest absolute Gasteiger partial charge is 0.449 e. The minimum Gasteiger partial charge on any atom is -0.449 e. The van der Waals surface area contributed by atoms with E-state index in [2.05, 4.69) is 5.32 Å². The molecule has 1 atom stereocenters. The van der Waals surface area contributed by atoms with Gasteiger partial charge < -0.3 is 10.1 Å². The van der Waals surface area contributed by atoms with E-state index in [1.165, 1.54) is 62.5 Å². The number of esters is 1. The minimum absolute atomic E-state index is 0.0214. The Labute approximate surface area is 196 Å². The molecule has 10 nitrogen and oxygen atoms in total. The Kier molecular flexibility index (Phi) is 7.27. The fraction of sp³-hybridized carbons (Fsp3) is 0.130. The number of nitro groups is 1. The topological polar surface area (TPSA) is 136 Å². The van der Waals surface area contributed by atoms with Crippen LogP contribution in [0.4, 0.5) is 17.1 Å². The van der Waals surface area contributed by atoms with Gasteiger partial charge in [-0.2, -0.15) is 0 Å². The highest BCUT2D eigenvalue weighted by atomic mass is 32.2. The van der Waals surface area contributed by atoms with Crippen LogP contribution in [0.2, 0.25) is 0 Å². The van der Waals surface area contributed by atoms with Gasteiger partial charge in [0.15, 0.2) is 6.10 Å². The maximum absolute atomic E-state index is 12.8. The maximum Gasteiger partial charge on any atom is 0.338 e. The van der Waals surface area contributed by atoms with Gasteiger partial charge in [-0.1, -0.05) is 24.3 Å². The van der Waals surface area contributed by atoms with Crippen molar-refractivity contribution < 1.29 is 27.7 Å². The first-order valence-electron chi connectivity index (χ1n) is 10.00. The van der Waals surface area contributed by atoms with Crippen molar-refractivity contribution in [2.24, 2.45) is 0 Å². The molecule has 0 aromatic heterocycles. The summed E-state index contributed by atoms with van der Waals surface area (Å²) in [5, 5.41) is 13.3. The average molecular weight is 484 g/mol. The molecule has 34 heavy (non-hydrogen) atoms. The fourth-order valence-corrected chi connectivity index (χ4v) is 4.12. The number of carbonyl (C=O) groups excluding carboxylic acids is 2. The summed E-state index contributed by atoms with van der Waals surface area (Å²) in [6, 6.07) is 19.0. The molecular formula is C23H21N3O7S. The summed E-state index contributed by atoms with van der Waals surface area (Å²) in [4.78, 5) is 35.0. The Morgan fingerprint density at radius 2 is 1.65 bits per heavy atom. The fourth-order valence-electron chi connectivity index (χ4n) is 2.92. The van der Waals surface area contributed by atoms with Crippen molar-refractivity contribution in [3.8, 4) is 0 Å². The molecule has 0 saturated carbocycles. The van der Waals surface area contributed by atoms with Crippen LogP contribution in [0.15, 0.2) is 83.8 Å². The van der Waals surface area contributed by atoms with Crippen LogP contribution in [0.25, 0.3) is 0 Å². The highest BCUT2D eigenvalue weighted by molar-refractivity contribution is 7.92. The summed E-state index contributed by atoms with van der Waals surface area (Å²) in [6.07, 6.45) is -1.21. The van der Waals surface area contributed by atoms with Crippen molar-refractivity contribution in [3.63, 3.8) is 0 Å². The number of sulfonamides is 1. The van der Waals surface area contributed by atoms with Gasteiger partial charge in [-0.25, -0.2) is 13.2 Å². The standard InChI is InChI=1S/C23H21N3O7S/c1-16(22(27)24-18-7-6-10-20(15-18)26(29)30)33-23(28)17-11-13-21(14-12-17)34(31,32)25(2)19-8-4-3-5-9-19/h3-16H,1-2H3,(H,24,27). The molecule has 11 heteroatoms. The molecule has 0 fully saturated rings. The summed E-state index contributed by atoms with van der Waals surface area (Å²) in [5.74, 6) is -1.51. The molecule has 1 unspecified atom stereocenters. The van der Waals surface area contributed by atoms with Crippen molar-refractivity contribution in [2.45, 2.75) is 17.9 Å². The summed E-state index contributed by atoms with van der Waals surface area (Å²) >= 11 is 0. The number of amides is 1. The highest BCUT2D eigenvalue weighted by Crippen LogP contribution is 2.22. The third kappa shape index (κ3) is 5.56. The zero-order valence-electron chi connectivity index (χ0n) is 18.2. The lowest BCUT2D eigenvalue weighted by Crippen LogP contribution is -2.30. The molecule has 0 saturated heterocycles. The predicted octanol–water partition coefficient (Wildman–Crippen LogP) is 3.60. The number of rotatable bonds is 8. The maximum atomic E-state index is 12.8. The molecule has 1 N–H and O–H groups in total. The summed E-state index contributed by atoms with van der Waals surface area (Å²) in [7, 11) is -2.42. The quantitative estimate of drug-likeness (QED) is 0.294. The Bertz CT molecular complexity index is 1310. The molecular weight excluding hydrogens is 462 g/mol. The molecule has 1 amide bonds. The van der Waals surface area contributed by atoms with E-state index in [0.717, 1.165) is 4.31 Å². The number of hydrogen-bond acceptors (Lipinski definition) is 7. The number of para-hydroxylation sites is 1. The van der Waals surface area contributed by atoms with Gasteiger partial charge in [0.2, 0.25) is 0 Å². The number of carbonyl (C=O) groups is 2. The monoisotopic (exact) mass is 483 g/mol. The van der Waals surface area contributed by atoms with E-state index < -0.39 is 32.9 Å². The molecule has 3 aromatic carbocycles. The van der Waals surface area contributed by atoms with Crippen LogP contribution in [-0.2, 0) is 19.6 Å². The number of anilines is 2. The number of nitrogens with zero attached hydrogens (tertiary/aromatic N) is 2. The average Bonchev–Trinajstić information content (AvgIpc) is 2.84. The second kappa shape index (κ2) is 10.1. The van der Waals surface area contributed by atoms with E-state index in [1.54, 1.807) is 30.3 Å². The molecule has 0 bridgehead atoms. The Morgan fingerprint density at radius 3 is 2.26 bits per heavy atom. The molecule has 0 aliphatic rings. The number of nitrogens with one attached hydrogen (secondary N) is 1. The number of benzene rings is 3. The lowest BCUT2D eigenvalue weighted by atomic mass is 10.2. The van der Waals surface area contributed by atoms with Crippen LogP contribution < -0.4 is 9.62 Å². The van der Waals surface area contributed by atoms with E-state index in [-0.39, 0.29) is 21.8 Å². The van der Waals surface area contributed by atoms with Crippen LogP contribution in [0, 0.1) is 10.1 Å². The van der Waals surface area contributed by atoms with Crippen LogP contribution in [-0.4, -0.2) is 38.4 Å². The number of nitro benzene ring substituents is 1. The zero-order chi connectivity index (χ0) is 24.9. The lowest BCUT2D eigenvalue weighted by Gasteiger charge is -2.19. The SMILES string of the molecule is CC(OC(=O)c1ccc(S(=O)(=O)N(C)c2ccccc2)cc1)C(=O)Nc1cccc([N+](=O)[O-])c1. The normalized spacial score (nSPS) is 11.8. The zero-order valence-corrected chi connectivity index (χ0v) is 19.1. The summed E-state index contributed by atoms with van der Waals surface area (Å²) in [6.45, 7) is 1.35. The van der Waals surface area contributed by atoms with Gasteiger partial charge in [0, 0.05) is 24.9 Å². The summed E-state index contributed by atoms with van der Waals surface area (Å²) in [5.41, 5.74) is 0.514. The highest BCUT2D eigenvalue weighted by Gasteiger charge is 2.23. The second-order valence-electron chi connectivity index (χ2n) is 7.18. The molecule has 0 aliphatic carbocycles. The van der Waals surface area contributed by atoms with Gasteiger partial charge in [-0.3, -0.25) is 19.2 Å². The summed E-state index contributed by atoms with van der Waals surface area (Å²) < 4.78 is 31.9. The van der Waals surface area contributed by atoms with Gasteiger partial charge in [0.05, 0.1) is 21.1 Å². The number of non-ortho nitro benzene ring substituents is 1. The van der Waals surface area contributed by atoms with E-state index in [4.69, 9.17) is 4.74 Å². The molecule has 0 heterocycles. The van der Waals surface area contributed by atoms with Crippen LogP contribution >= 0.6 is 0 Å². The van der Waals surface area contributed by atoms with Crippen molar-refractivity contribution in [2.75, 3.05) is 16.7 Å². The molecule has 3 rings (SSSR count). The Morgan fingerprint density at radius 1 is 1.00 bits per heavy atom. The van der Waals surface area contributed by atoms with Gasteiger partial charge in [-0.15, -0.1) is 0 Å². The van der Waals surface area contributed by atoms with Crippen molar-refractivity contribution >= 4 is 39.0 Å². The van der Waals surface area contributed by atoms with Crippen LogP contribution in [0.3, 0.4) is 0 Å². The van der Waals surface area contributed by atoms with E-state index >= 15 is 0 Å². The first-order chi connectivity index (χ1) is 16.1. The van der Waals surface area contributed by atoms with Gasteiger partial charge in [-0.05, 0) is 49.4 Å². The van der Waals surface area contributed by atoms with Gasteiger partial charge >= 0.3 is 5.97 Å². The van der Waals surface area contributed by atoms with Crippen LogP contribution in [0.5, 0.6) is 0 Å². The van der Waals surface area contributed by atoms with E-state index in [1.807, 2.05) is 0 Å². The first-order valence-corrected chi connectivity index (χ1v) is 11.4. The number of ether oxygens (including phenoxy) is 1.